The maximum Gasteiger partial charge on any atom is 0.328 e. The summed E-state index contributed by atoms with van der Waals surface area (Å²) in [4.78, 5) is 40.2. The second kappa shape index (κ2) is 8.23. The number of carbonyl (C=O) groups is 3. The van der Waals surface area contributed by atoms with Crippen molar-refractivity contribution in [2.45, 2.75) is 19.4 Å². The van der Waals surface area contributed by atoms with Crippen molar-refractivity contribution in [1.29, 1.82) is 0 Å². The number of hydrogen-bond donors (Lipinski definition) is 1. The lowest BCUT2D eigenvalue weighted by atomic mass is 10.0. The van der Waals surface area contributed by atoms with E-state index in [1.54, 1.807) is 25.1 Å². The van der Waals surface area contributed by atoms with Gasteiger partial charge in [0.2, 0.25) is 0 Å². The Morgan fingerprint density at radius 2 is 1.72 bits per heavy atom. The minimum atomic E-state index is -0.972. The first-order chi connectivity index (χ1) is 12.0. The van der Waals surface area contributed by atoms with Crippen LogP contribution in [0.3, 0.4) is 0 Å². The van der Waals surface area contributed by atoms with E-state index < -0.39 is 29.8 Å². The van der Waals surface area contributed by atoms with E-state index in [1.807, 2.05) is 18.2 Å². The maximum absolute atomic E-state index is 12.4. The number of nitrogens with one attached hydrogen (secondary N) is 1. The van der Waals surface area contributed by atoms with E-state index in [0.717, 1.165) is 5.39 Å². The number of aromatic nitrogens is 1. The number of amides is 1. The Balaban J connectivity index is 2.17. The molecule has 1 amide bonds. The lowest BCUT2D eigenvalue weighted by Crippen LogP contribution is -2.43. The predicted octanol–water partition coefficient (Wildman–Crippen LogP) is 1.71. The first-order valence-electron chi connectivity index (χ1n) is 7.78. The van der Waals surface area contributed by atoms with Gasteiger partial charge < -0.3 is 14.8 Å². The van der Waals surface area contributed by atoms with Crippen LogP contribution in [0, 0.1) is 5.92 Å². The molecule has 1 aromatic carbocycles. The lowest BCUT2D eigenvalue weighted by Gasteiger charge is -2.19. The first kappa shape index (κ1) is 18.4. The van der Waals surface area contributed by atoms with E-state index in [-0.39, 0.29) is 12.1 Å². The van der Waals surface area contributed by atoms with Gasteiger partial charge in [0.1, 0.15) is 11.7 Å². The quantitative estimate of drug-likeness (QED) is 0.802. The van der Waals surface area contributed by atoms with Crippen molar-refractivity contribution in [3.63, 3.8) is 0 Å². The zero-order chi connectivity index (χ0) is 18.4. The molecule has 7 heteroatoms. The number of methoxy groups -OCH3 is 2. The molecule has 1 heterocycles. The molecule has 2 aromatic rings. The molecule has 2 rings (SSSR count). The van der Waals surface area contributed by atoms with Crippen LogP contribution >= 0.6 is 0 Å². The van der Waals surface area contributed by atoms with Gasteiger partial charge in [-0.1, -0.05) is 31.2 Å². The Morgan fingerprint density at radius 1 is 1.04 bits per heavy atom. The molecule has 132 valence electrons. The molecule has 0 unspecified atom stereocenters. The number of carbonyl (C=O) groups excluding carboxylic acids is 3. The highest BCUT2D eigenvalue weighted by Gasteiger charge is 2.28. The van der Waals surface area contributed by atoms with Gasteiger partial charge in [-0.05, 0) is 18.6 Å². The van der Waals surface area contributed by atoms with Crippen LogP contribution in [0.15, 0.2) is 36.4 Å². The van der Waals surface area contributed by atoms with Crippen molar-refractivity contribution in [2.75, 3.05) is 14.2 Å². The fourth-order valence-electron chi connectivity index (χ4n) is 2.43. The summed E-state index contributed by atoms with van der Waals surface area (Å²) in [5, 5.41) is 3.48. The Labute approximate surface area is 145 Å². The molecule has 0 bridgehead atoms. The molecule has 0 saturated carbocycles. The standard InChI is InChI=1S/C18H20N2O5/c1-11(17(22)24-2)10-15(18(23)25-3)20-16(21)14-9-8-12-6-4-5-7-13(12)19-14/h4-9,11,15H,10H2,1-3H3,(H,20,21)/t11-,15+/m0/s1. The summed E-state index contributed by atoms with van der Waals surface area (Å²) in [5.41, 5.74) is 0.853. The molecule has 0 spiro atoms. The molecule has 7 nitrogen and oxygen atoms in total. The molecule has 2 atom stereocenters. The van der Waals surface area contributed by atoms with Gasteiger partial charge >= 0.3 is 11.9 Å². The third-order valence-corrected chi connectivity index (χ3v) is 3.81. The number of benzene rings is 1. The molecule has 25 heavy (non-hydrogen) atoms. The van der Waals surface area contributed by atoms with E-state index in [1.165, 1.54) is 14.2 Å². The molecule has 1 N–H and O–H groups in total. The molecule has 0 aliphatic rings. The van der Waals surface area contributed by atoms with E-state index in [2.05, 4.69) is 15.0 Å². The molecule has 0 saturated heterocycles. The zero-order valence-corrected chi connectivity index (χ0v) is 14.3. The van der Waals surface area contributed by atoms with E-state index in [4.69, 9.17) is 4.74 Å². The van der Waals surface area contributed by atoms with Crippen molar-refractivity contribution in [3.05, 3.63) is 42.1 Å². The number of hydrogen-bond acceptors (Lipinski definition) is 6. The van der Waals surface area contributed by atoms with Crippen LogP contribution in [0.4, 0.5) is 0 Å². The van der Waals surface area contributed by atoms with Crippen molar-refractivity contribution < 1.29 is 23.9 Å². The number of pyridine rings is 1. The highest BCUT2D eigenvalue weighted by Crippen LogP contribution is 2.13. The monoisotopic (exact) mass is 344 g/mol. The van der Waals surface area contributed by atoms with Crippen molar-refractivity contribution >= 4 is 28.7 Å². The fraction of sp³-hybridized carbons (Fsp3) is 0.333. The second-order valence-electron chi connectivity index (χ2n) is 5.60. The number of nitrogens with zero attached hydrogens (tertiary/aromatic N) is 1. The first-order valence-corrected chi connectivity index (χ1v) is 7.78. The van der Waals surface area contributed by atoms with Crippen LogP contribution in [-0.2, 0) is 19.1 Å². The topological polar surface area (TPSA) is 94.6 Å². The number of para-hydroxylation sites is 1. The predicted molar refractivity (Wildman–Crippen MR) is 90.8 cm³/mol. The summed E-state index contributed by atoms with van der Waals surface area (Å²) < 4.78 is 9.36. The number of ether oxygens (including phenoxy) is 2. The summed E-state index contributed by atoms with van der Waals surface area (Å²) in [6, 6.07) is 9.77. The molecule has 0 radical (unpaired) electrons. The van der Waals surface area contributed by atoms with Gasteiger partial charge in [-0.2, -0.15) is 0 Å². The number of fused-ring (bicyclic) bond motifs is 1. The Hall–Kier alpha value is -2.96. The number of esters is 2. The van der Waals surface area contributed by atoms with Gasteiger partial charge in [-0.3, -0.25) is 9.59 Å². The van der Waals surface area contributed by atoms with Gasteiger partial charge in [-0.15, -0.1) is 0 Å². The summed E-state index contributed by atoms with van der Waals surface area (Å²) in [5.74, 6) is -2.19. The van der Waals surface area contributed by atoms with E-state index in [0.29, 0.717) is 5.52 Å². The largest absolute Gasteiger partial charge is 0.469 e. The van der Waals surface area contributed by atoms with Crippen molar-refractivity contribution in [2.24, 2.45) is 5.92 Å². The van der Waals surface area contributed by atoms with Crippen LogP contribution in [0.1, 0.15) is 23.8 Å². The van der Waals surface area contributed by atoms with Crippen molar-refractivity contribution in [3.8, 4) is 0 Å². The lowest BCUT2D eigenvalue weighted by molar-refractivity contribution is -0.147. The van der Waals surface area contributed by atoms with Gasteiger partial charge in [0, 0.05) is 5.39 Å². The summed E-state index contributed by atoms with van der Waals surface area (Å²) >= 11 is 0. The Kier molecular flexibility index (Phi) is 6.05. The molecule has 1 aromatic heterocycles. The second-order valence-corrected chi connectivity index (χ2v) is 5.60. The SMILES string of the molecule is COC(=O)[C@@H](C)C[C@@H](NC(=O)c1ccc2ccccc2n1)C(=O)OC. The van der Waals surface area contributed by atoms with Crippen LogP contribution in [0.2, 0.25) is 0 Å². The van der Waals surface area contributed by atoms with Gasteiger partial charge in [-0.25, -0.2) is 9.78 Å². The molecule has 0 aliphatic heterocycles. The third-order valence-electron chi connectivity index (χ3n) is 3.81. The molecular weight excluding hydrogens is 324 g/mol. The maximum atomic E-state index is 12.4. The van der Waals surface area contributed by atoms with Crippen LogP contribution in [0.25, 0.3) is 10.9 Å². The molecule has 0 fully saturated rings. The fourth-order valence-corrected chi connectivity index (χ4v) is 2.43. The summed E-state index contributed by atoms with van der Waals surface area (Å²) in [6.45, 7) is 1.61. The normalized spacial score (nSPS) is 12.9. The third kappa shape index (κ3) is 4.53. The highest BCUT2D eigenvalue weighted by molar-refractivity contribution is 5.97. The van der Waals surface area contributed by atoms with Crippen LogP contribution in [0.5, 0.6) is 0 Å². The zero-order valence-electron chi connectivity index (χ0n) is 14.3. The molecular formula is C18H20N2O5. The number of rotatable bonds is 6. The minimum absolute atomic E-state index is 0.0681. The smallest absolute Gasteiger partial charge is 0.328 e. The van der Waals surface area contributed by atoms with Crippen LogP contribution < -0.4 is 5.32 Å². The molecule has 0 aliphatic carbocycles. The highest BCUT2D eigenvalue weighted by atomic mass is 16.5. The van der Waals surface area contributed by atoms with Gasteiger partial charge in [0.15, 0.2) is 0 Å². The van der Waals surface area contributed by atoms with E-state index >= 15 is 0 Å². The Morgan fingerprint density at radius 3 is 2.40 bits per heavy atom. The average molecular weight is 344 g/mol. The van der Waals surface area contributed by atoms with E-state index in [9.17, 15) is 14.4 Å². The summed E-state index contributed by atoms with van der Waals surface area (Å²) in [6.07, 6.45) is 0.0681. The van der Waals surface area contributed by atoms with Crippen molar-refractivity contribution in [1.82, 2.24) is 10.3 Å². The summed E-state index contributed by atoms with van der Waals surface area (Å²) in [7, 11) is 2.49. The Bertz CT molecular complexity index is 790. The van der Waals surface area contributed by atoms with Gasteiger partial charge in [0.25, 0.3) is 5.91 Å². The van der Waals surface area contributed by atoms with Crippen LogP contribution in [-0.4, -0.2) is 43.1 Å². The average Bonchev–Trinajstić information content (AvgIpc) is 2.65. The minimum Gasteiger partial charge on any atom is -0.469 e. The van der Waals surface area contributed by atoms with Gasteiger partial charge in [0.05, 0.1) is 25.7 Å².